The van der Waals surface area contributed by atoms with Crippen molar-refractivity contribution in [2.24, 2.45) is 0 Å². The number of thiophene rings is 1. The van der Waals surface area contributed by atoms with Crippen LogP contribution in [0.5, 0.6) is 0 Å². The van der Waals surface area contributed by atoms with Crippen LogP contribution in [0.2, 0.25) is 5.02 Å². The molecule has 0 aliphatic heterocycles. The van der Waals surface area contributed by atoms with Gasteiger partial charge < -0.3 is 0 Å². The average molecular weight is 621 g/mol. The zero-order valence-corrected chi connectivity index (χ0v) is 26.3. The van der Waals surface area contributed by atoms with E-state index in [0.29, 0.717) is 0 Å². The van der Waals surface area contributed by atoms with Gasteiger partial charge in [0.15, 0.2) is 0 Å². The van der Waals surface area contributed by atoms with E-state index in [4.69, 9.17) is 11.6 Å². The molecule has 0 nitrogen and oxygen atoms in total. The molecule has 7 aromatic carbocycles. The topological polar surface area (TPSA) is 0 Å². The second kappa shape index (κ2) is 8.65. The SMILES string of the molecule is Clc1ccc2c(c1)C1(c3ccccc3C3(c4ccccc4-c4ccccc43)c3ccccc31)c1ccc3sc4ccccc4c3c1-2. The molecule has 0 N–H and O–H groups in total. The van der Waals surface area contributed by atoms with E-state index in [1.54, 1.807) is 0 Å². The van der Waals surface area contributed by atoms with Gasteiger partial charge in [-0.25, -0.2) is 0 Å². The molecule has 0 bridgehead atoms. The first-order valence-electron chi connectivity index (χ1n) is 15.9. The summed E-state index contributed by atoms with van der Waals surface area (Å²) in [6, 6.07) is 56.8. The first-order valence-corrected chi connectivity index (χ1v) is 17.1. The van der Waals surface area contributed by atoms with Gasteiger partial charge in [-0.3, -0.25) is 0 Å². The predicted molar refractivity (Wildman–Crippen MR) is 193 cm³/mol. The van der Waals surface area contributed by atoms with Crippen LogP contribution >= 0.6 is 22.9 Å². The number of rotatable bonds is 0. The summed E-state index contributed by atoms with van der Waals surface area (Å²) in [5, 5.41) is 3.44. The third-order valence-corrected chi connectivity index (χ3v) is 12.4. The highest BCUT2D eigenvalue weighted by Crippen LogP contribution is 2.68. The summed E-state index contributed by atoms with van der Waals surface area (Å²) in [6.07, 6.45) is 0. The molecule has 0 amide bonds. The molecule has 1 aromatic heterocycles. The van der Waals surface area contributed by atoms with Gasteiger partial charge in [-0.2, -0.15) is 0 Å². The van der Waals surface area contributed by atoms with Gasteiger partial charge in [0.1, 0.15) is 0 Å². The van der Waals surface area contributed by atoms with Gasteiger partial charge in [0.2, 0.25) is 0 Å². The molecule has 0 radical (unpaired) electrons. The van der Waals surface area contributed by atoms with Crippen molar-refractivity contribution in [3.8, 4) is 22.3 Å². The second-order valence-electron chi connectivity index (χ2n) is 12.8. The molecule has 3 aliphatic rings. The van der Waals surface area contributed by atoms with E-state index in [1.807, 2.05) is 11.3 Å². The number of benzene rings is 7. The van der Waals surface area contributed by atoms with Crippen molar-refractivity contribution < 1.29 is 0 Å². The van der Waals surface area contributed by atoms with Crippen molar-refractivity contribution in [1.29, 1.82) is 0 Å². The van der Waals surface area contributed by atoms with Crippen molar-refractivity contribution >= 4 is 43.1 Å². The Morgan fingerprint density at radius 2 is 0.913 bits per heavy atom. The first kappa shape index (κ1) is 25.3. The number of fused-ring (bicyclic) bond motifs is 20. The lowest BCUT2D eigenvalue weighted by Crippen LogP contribution is -2.43. The molecule has 0 saturated heterocycles. The number of hydrogen-bond acceptors (Lipinski definition) is 1. The normalized spacial score (nSPS) is 15.4. The van der Waals surface area contributed by atoms with E-state index in [-0.39, 0.29) is 0 Å². The van der Waals surface area contributed by atoms with Gasteiger partial charge in [0.25, 0.3) is 0 Å². The Morgan fingerprint density at radius 3 is 1.54 bits per heavy atom. The summed E-state index contributed by atoms with van der Waals surface area (Å²) in [6.45, 7) is 0. The fourth-order valence-corrected chi connectivity index (χ4v) is 10.8. The van der Waals surface area contributed by atoms with Crippen molar-refractivity contribution in [3.63, 3.8) is 0 Å². The lowest BCUT2D eigenvalue weighted by Gasteiger charge is -2.48. The van der Waals surface area contributed by atoms with Gasteiger partial charge in [0.05, 0.1) is 10.8 Å². The highest BCUT2D eigenvalue weighted by atomic mass is 35.5. The molecule has 2 spiro atoms. The number of hydrogen-bond donors (Lipinski definition) is 0. The highest BCUT2D eigenvalue weighted by Gasteiger charge is 2.59. The van der Waals surface area contributed by atoms with Gasteiger partial charge in [0, 0.05) is 25.2 Å². The monoisotopic (exact) mass is 620 g/mol. The maximum atomic E-state index is 6.97. The van der Waals surface area contributed by atoms with Crippen molar-refractivity contribution in [2.75, 3.05) is 0 Å². The lowest BCUT2D eigenvalue weighted by atomic mass is 9.52. The average Bonchev–Trinajstić information content (AvgIpc) is 3.73. The molecule has 3 aliphatic carbocycles. The molecule has 1 heterocycles. The van der Waals surface area contributed by atoms with Crippen LogP contribution in [0.25, 0.3) is 42.4 Å². The molecule has 46 heavy (non-hydrogen) atoms. The smallest absolute Gasteiger partial charge is 0.0720 e. The Balaban J connectivity index is 1.38. The molecular formula is C44H25ClS. The van der Waals surface area contributed by atoms with Crippen LogP contribution < -0.4 is 0 Å². The zero-order valence-electron chi connectivity index (χ0n) is 24.7. The quantitative estimate of drug-likeness (QED) is 0.158. The summed E-state index contributed by atoms with van der Waals surface area (Å²) in [7, 11) is 0. The van der Waals surface area contributed by atoms with Gasteiger partial charge in [-0.05, 0) is 91.0 Å². The molecule has 0 unspecified atom stereocenters. The maximum absolute atomic E-state index is 6.97. The minimum atomic E-state index is -0.530. The summed E-state index contributed by atoms with van der Waals surface area (Å²) < 4.78 is 2.65. The summed E-state index contributed by atoms with van der Waals surface area (Å²) in [5.41, 5.74) is 15.0. The standard InChI is InChI=1S/C44H25ClS/c45-26-21-22-29-38(25-26)44(37-23-24-40-42(41(29)37)30-13-3-10-20-39(30)46-40)35-18-8-6-16-33(35)43(34-17-7-9-19-36(34)44)31-14-4-1-11-27(31)28-12-2-5-15-32(28)43/h1-25H. The Morgan fingerprint density at radius 1 is 0.391 bits per heavy atom. The minimum absolute atomic E-state index is 0.438. The summed E-state index contributed by atoms with van der Waals surface area (Å²) in [5.74, 6) is 0. The van der Waals surface area contributed by atoms with E-state index in [0.717, 1.165) is 5.02 Å². The van der Waals surface area contributed by atoms with Crippen molar-refractivity contribution in [1.82, 2.24) is 0 Å². The zero-order chi connectivity index (χ0) is 30.2. The highest BCUT2D eigenvalue weighted by molar-refractivity contribution is 7.26. The van der Waals surface area contributed by atoms with E-state index < -0.39 is 10.8 Å². The lowest BCUT2D eigenvalue weighted by molar-refractivity contribution is 0.633. The number of halogens is 1. The molecule has 8 aromatic rings. The Hall–Kier alpha value is -4.95. The largest absolute Gasteiger partial charge is 0.135 e. The van der Waals surface area contributed by atoms with Crippen LogP contribution in [-0.2, 0) is 10.8 Å². The fourth-order valence-electron chi connectivity index (χ4n) is 9.56. The fraction of sp³-hybridized carbons (Fsp3) is 0.0455. The summed E-state index contributed by atoms with van der Waals surface area (Å²) >= 11 is 8.86. The third-order valence-electron chi connectivity index (χ3n) is 11.0. The van der Waals surface area contributed by atoms with Gasteiger partial charge in [-0.1, -0.05) is 139 Å². The van der Waals surface area contributed by atoms with E-state index >= 15 is 0 Å². The molecule has 0 saturated carbocycles. The molecule has 2 heteroatoms. The molecule has 214 valence electrons. The van der Waals surface area contributed by atoms with Crippen molar-refractivity contribution in [2.45, 2.75) is 10.8 Å². The Labute approximate surface area is 276 Å². The first-order chi connectivity index (χ1) is 22.7. The molecule has 0 atom stereocenters. The molecule has 11 rings (SSSR count). The third kappa shape index (κ3) is 2.72. The molecule has 0 fully saturated rings. The van der Waals surface area contributed by atoms with Crippen LogP contribution in [0.3, 0.4) is 0 Å². The van der Waals surface area contributed by atoms with E-state index in [1.165, 1.54) is 86.9 Å². The Kier molecular flexibility index (Phi) is 4.75. The maximum Gasteiger partial charge on any atom is 0.0720 e. The van der Waals surface area contributed by atoms with Crippen LogP contribution in [0, 0.1) is 0 Å². The molecular weight excluding hydrogens is 596 g/mol. The second-order valence-corrected chi connectivity index (χ2v) is 14.4. The van der Waals surface area contributed by atoms with Crippen molar-refractivity contribution in [3.05, 3.63) is 201 Å². The van der Waals surface area contributed by atoms with E-state index in [2.05, 4.69) is 152 Å². The minimum Gasteiger partial charge on any atom is -0.135 e. The van der Waals surface area contributed by atoms with Crippen LogP contribution in [0.15, 0.2) is 152 Å². The van der Waals surface area contributed by atoms with Crippen LogP contribution in [0.1, 0.15) is 44.5 Å². The Bertz CT molecular complexity index is 2530. The van der Waals surface area contributed by atoms with Crippen LogP contribution in [0.4, 0.5) is 0 Å². The van der Waals surface area contributed by atoms with Gasteiger partial charge in [-0.15, -0.1) is 11.3 Å². The van der Waals surface area contributed by atoms with E-state index in [9.17, 15) is 0 Å². The predicted octanol–water partition coefficient (Wildman–Crippen LogP) is 11.7. The summed E-state index contributed by atoms with van der Waals surface area (Å²) in [4.78, 5) is 0. The van der Waals surface area contributed by atoms with Crippen LogP contribution in [-0.4, -0.2) is 0 Å². The van der Waals surface area contributed by atoms with Gasteiger partial charge >= 0.3 is 0 Å².